The topological polar surface area (TPSA) is 41.1 Å². The number of amides is 2. The third kappa shape index (κ3) is 17.4. The van der Waals surface area contributed by atoms with Crippen LogP contribution < -0.4 is 10.6 Å². The Kier molecular flexibility index (Phi) is 17.1. The number of nitrogens with one attached hydrogen (secondary N) is 2. The van der Waals surface area contributed by atoms with Gasteiger partial charge < -0.3 is 10.6 Å². The van der Waals surface area contributed by atoms with Crippen LogP contribution in [0.5, 0.6) is 0 Å². The maximum absolute atomic E-state index is 11.4. The largest absolute Gasteiger partial charge is 0.338 e. The Morgan fingerprint density at radius 1 is 0.857 bits per heavy atom. The number of carbonyl (C=O) groups excluding carboxylic acids is 1. The standard InChI is InChI=1S/C17H33BrN2O/c1-2-3-12-15-19-17(21)20-16-13-10-8-6-4-5-7-9-11-14-18/h4,6H,2-3,5,7-16H2,1H3,(H2,19,20,21)/b6-4-. The summed E-state index contributed by atoms with van der Waals surface area (Å²) in [6.45, 7) is 3.73. The fourth-order valence-corrected chi connectivity index (χ4v) is 2.39. The molecule has 4 heteroatoms. The van der Waals surface area contributed by atoms with E-state index in [1.54, 1.807) is 0 Å². The first-order valence-corrected chi connectivity index (χ1v) is 9.66. The second-order valence-corrected chi connectivity index (χ2v) is 6.19. The molecule has 0 unspecified atom stereocenters. The molecule has 124 valence electrons. The van der Waals surface area contributed by atoms with Crippen LogP contribution in [0.15, 0.2) is 12.2 Å². The van der Waals surface area contributed by atoms with Gasteiger partial charge in [0.05, 0.1) is 0 Å². The smallest absolute Gasteiger partial charge is 0.314 e. The molecule has 21 heavy (non-hydrogen) atoms. The van der Waals surface area contributed by atoms with Crippen molar-refractivity contribution in [2.45, 2.75) is 71.1 Å². The number of hydrogen-bond acceptors (Lipinski definition) is 1. The van der Waals surface area contributed by atoms with Gasteiger partial charge >= 0.3 is 6.03 Å². The van der Waals surface area contributed by atoms with Gasteiger partial charge in [-0.2, -0.15) is 0 Å². The van der Waals surface area contributed by atoms with Crippen LogP contribution in [0.25, 0.3) is 0 Å². The average Bonchev–Trinajstić information content (AvgIpc) is 2.49. The molecule has 0 aromatic carbocycles. The molecule has 0 spiro atoms. The zero-order valence-electron chi connectivity index (χ0n) is 13.6. The lowest BCUT2D eigenvalue weighted by molar-refractivity contribution is 0.240. The second kappa shape index (κ2) is 17.5. The highest BCUT2D eigenvalue weighted by Gasteiger charge is 1.97. The highest BCUT2D eigenvalue weighted by molar-refractivity contribution is 9.09. The van der Waals surface area contributed by atoms with Gasteiger partial charge in [-0.05, 0) is 44.9 Å². The predicted octanol–water partition coefficient (Wildman–Crippen LogP) is 5.16. The molecular weight excluding hydrogens is 328 g/mol. The van der Waals surface area contributed by atoms with Crippen LogP contribution in [-0.2, 0) is 0 Å². The Morgan fingerprint density at radius 2 is 1.43 bits per heavy atom. The highest BCUT2D eigenvalue weighted by atomic mass is 79.9. The third-order valence-corrected chi connectivity index (χ3v) is 3.88. The van der Waals surface area contributed by atoms with Gasteiger partial charge in [-0.15, -0.1) is 0 Å². The molecule has 0 aromatic heterocycles. The first-order chi connectivity index (χ1) is 10.3. The molecule has 2 amide bonds. The summed E-state index contributed by atoms with van der Waals surface area (Å²) in [6, 6.07) is -0.0200. The molecular formula is C17H33BrN2O. The van der Waals surface area contributed by atoms with E-state index in [4.69, 9.17) is 0 Å². The van der Waals surface area contributed by atoms with Gasteiger partial charge in [0.15, 0.2) is 0 Å². The minimum atomic E-state index is -0.0200. The fourth-order valence-electron chi connectivity index (χ4n) is 2.00. The number of halogens is 1. The first-order valence-electron chi connectivity index (χ1n) is 8.54. The molecule has 0 aliphatic heterocycles. The number of urea groups is 1. The van der Waals surface area contributed by atoms with E-state index in [1.165, 1.54) is 38.5 Å². The molecule has 2 N–H and O–H groups in total. The fraction of sp³-hybridized carbons (Fsp3) is 0.824. The van der Waals surface area contributed by atoms with Crippen molar-refractivity contribution >= 4 is 22.0 Å². The van der Waals surface area contributed by atoms with E-state index in [9.17, 15) is 4.79 Å². The summed E-state index contributed by atoms with van der Waals surface area (Å²) in [5.74, 6) is 0. The molecule has 0 saturated heterocycles. The van der Waals surface area contributed by atoms with E-state index in [2.05, 4.69) is 45.6 Å². The lowest BCUT2D eigenvalue weighted by Crippen LogP contribution is -2.36. The maximum atomic E-state index is 11.4. The van der Waals surface area contributed by atoms with Crippen molar-refractivity contribution in [3.05, 3.63) is 12.2 Å². The number of hydrogen-bond donors (Lipinski definition) is 2. The Hall–Kier alpha value is -0.510. The summed E-state index contributed by atoms with van der Waals surface area (Å²) in [5.41, 5.74) is 0. The van der Waals surface area contributed by atoms with Crippen LogP contribution in [-0.4, -0.2) is 24.5 Å². The van der Waals surface area contributed by atoms with Crippen LogP contribution in [0.2, 0.25) is 0 Å². The molecule has 0 atom stereocenters. The zero-order chi connectivity index (χ0) is 15.6. The minimum Gasteiger partial charge on any atom is -0.338 e. The van der Waals surface area contributed by atoms with Crippen molar-refractivity contribution in [2.24, 2.45) is 0 Å². The molecule has 0 heterocycles. The van der Waals surface area contributed by atoms with E-state index < -0.39 is 0 Å². The SMILES string of the molecule is CCCCCNC(=O)NCCCC/C=C\CCCCCBr. The molecule has 0 aromatic rings. The summed E-state index contributed by atoms with van der Waals surface area (Å²) in [4.78, 5) is 11.4. The van der Waals surface area contributed by atoms with Crippen molar-refractivity contribution < 1.29 is 4.79 Å². The van der Waals surface area contributed by atoms with Crippen LogP contribution in [0.3, 0.4) is 0 Å². The van der Waals surface area contributed by atoms with E-state index in [0.717, 1.165) is 44.1 Å². The number of carbonyl (C=O) groups is 1. The molecule has 0 aliphatic rings. The van der Waals surface area contributed by atoms with Crippen molar-refractivity contribution in [1.82, 2.24) is 10.6 Å². The zero-order valence-corrected chi connectivity index (χ0v) is 15.2. The van der Waals surface area contributed by atoms with Crippen molar-refractivity contribution in [2.75, 3.05) is 18.4 Å². The Morgan fingerprint density at radius 3 is 2.00 bits per heavy atom. The van der Waals surface area contributed by atoms with Gasteiger partial charge in [0.1, 0.15) is 0 Å². The van der Waals surface area contributed by atoms with Gasteiger partial charge in [0.25, 0.3) is 0 Å². The summed E-state index contributed by atoms with van der Waals surface area (Å²) in [5, 5.41) is 6.91. The summed E-state index contributed by atoms with van der Waals surface area (Å²) >= 11 is 3.45. The molecule has 3 nitrogen and oxygen atoms in total. The van der Waals surface area contributed by atoms with Crippen LogP contribution in [0, 0.1) is 0 Å². The van der Waals surface area contributed by atoms with Gasteiger partial charge in [0, 0.05) is 18.4 Å². The molecule has 0 bridgehead atoms. The number of unbranched alkanes of at least 4 members (excludes halogenated alkanes) is 7. The summed E-state index contributed by atoms with van der Waals surface area (Å²) in [7, 11) is 0. The third-order valence-electron chi connectivity index (χ3n) is 3.32. The monoisotopic (exact) mass is 360 g/mol. The highest BCUT2D eigenvalue weighted by Crippen LogP contribution is 2.04. The van der Waals surface area contributed by atoms with Gasteiger partial charge in [-0.25, -0.2) is 4.79 Å². The quantitative estimate of drug-likeness (QED) is 0.250. The average molecular weight is 361 g/mol. The second-order valence-electron chi connectivity index (χ2n) is 5.40. The number of rotatable bonds is 14. The van der Waals surface area contributed by atoms with Crippen LogP contribution in [0.1, 0.15) is 71.1 Å². The van der Waals surface area contributed by atoms with Gasteiger partial charge in [-0.1, -0.05) is 54.3 Å². The van der Waals surface area contributed by atoms with E-state index in [-0.39, 0.29) is 6.03 Å². The van der Waals surface area contributed by atoms with Crippen LogP contribution in [0.4, 0.5) is 4.79 Å². The Labute approximate surface area is 139 Å². The summed E-state index contributed by atoms with van der Waals surface area (Å²) < 4.78 is 0. The minimum absolute atomic E-state index is 0.0200. The van der Waals surface area contributed by atoms with E-state index in [0.29, 0.717) is 0 Å². The first kappa shape index (κ1) is 20.5. The van der Waals surface area contributed by atoms with Gasteiger partial charge in [-0.3, -0.25) is 0 Å². The predicted molar refractivity (Wildman–Crippen MR) is 96.2 cm³/mol. The maximum Gasteiger partial charge on any atom is 0.314 e. The van der Waals surface area contributed by atoms with Crippen molar-refractivity contribution in [3.8, 4) is 0 Å². The summed E-state index contributed by atoms with van der Waals surface area (Å²) in [6.07, 6.45) is 16.4. The van der Waals surface area contributed by atoms with E-state index in [1.807, 2.05) is 0 Å². The molecule has 0 fully saturated rings. The molecule has 0 rings (SSSR count). The molecule has 0 radical (unpaired) electrons. The molecule has 0 aliphatic carbocycles. The molecule has 0 saturated carbocycles. The van der Waals surface area contributed by atoms with Crippen molar-refractivity contribution in [1.29, 1.82) is 0 Å². The lowest BCUT2D eigenvalue weighted by atomic mass is 10.1. The Balaban J connectivity index is 3.20. The Bertz CT molecular complexity index is 257. The lowest BCUT2D eigenvalue weighted by Gasteiger charge is -2.06. The number of allylic oxidation sites excluding steroid dienone is 2. The van der Waals surface area contributed by atoms with Crippen LogP contribution >= 0.6 is 15.9 Å². The van der Waals surface area contributed by atoms with Gasteiger partial charge in [0.2, 0.25) is 0 Å². The van der Waals surface area contributed by atoms with Crippen molar-refractivity contribution in [3.63, 3.8) is 0 Å². The number of alkyl halides is 1. The normalized spacial score (nSPS) is 11.0. The van der Waals surface area contributed by atoms with E-state index >= 15 is 0 Å².